The van der Waals surface area contributed by atoms with Gasteiger partial charge in [-0.1, -0.05) is 45.9 Å². The standard InChI is InChI=1S/C20H18BrN5OS2/c1-26-18(13-7-2-4-8-15(13)21)24-25-20(26)28-11-17(27)23-19-14(10-22)12-6-3-5-9-16(12)29-19/h2,4,7-8H,3,5-6,9,11H2,1H3,(H,23,27). The zero-order valence-electron chi connectivity index (χ0n) is 15.7. The summed E-state index contributed by atoms with van der Waals surface area (Å²) in [6, 6.07) is 10.1. The van der Waals surface area contributed by atoms with E-state index >= 15 is 0 Å². The smallest absolute Gasteiger partial charge is 0.235 e. The largest absolute Gasteiger partial charge is 0.316 e. The monoisotopic (exact) mass is 487 g/mol. The quantitative estimate of drug-likeness (QED) is 0.523. The lowest BCUT2D eigenvalue weighted by Gasteiger charge is -2.09. The summed E-state index contributed by atoms with van der Waals surface area (Å²) in [5.74, 6) is 0.795. The van der Waals surface area contributed by atoms with Crippen LogP contribution in [0.1, 0.15) is 28.8 Å². The summed E-state index contributed by atoms with van der Waals surface area (Å²) in [5.41, 5.74) is 2.71. The van der Waals surface area contributed by atoms with Crippen molar-refractivity contribution in [2.75, 3.05) is 11.1 Å². The Bertz CT molecular complexity index is 1110. The van der Waals surface area contributed by atoms with Crippen LogP contribution >= 0.6 is 39.0 Å². The van der Waals surface area contributed by atoms with Gasteiger partial charge in [-0.3, -0.25) is 4.79 Å². The Balaban J connectivity index is 1.44. The predicted octanol–water partition coefficient (Wildman–Crippen LogP) is 4.79. The molecule has 1 amide bonds. The van der Waals surface area contributed by atoms with Gasteiger partial charge in [0.05, 0.1) is 11.3 Å². The number of hydrogen-bond acceptors (Lipinski definition) is 6. The lowest BCUT2D eigenvalue weighted by Crippen LogP contribution is -2.14. The van der Waals surface area contributed by atoms with Gasteiger partial charge in [0, 0.05) is 22.0 Å². The van der Waals surface area contributed by atoms with Crippen molar-refractivity contribution >= 4 is 49.9 Å². The number of benzene rings is 1. The van der Waals surface area contributed by atoms with Crippen molar-refractivity contribution in [2.24, 2.45) is 7.05 Å². The molecule has 9 heteroatoms. The van der Waals surface area contributed by atoms with Crippen LogP contribution in [0.15, 0.2) is 33.9 Å². The Labute approximate surface area is 185 Å². The first kappa shape index (κ1) is 20.1. The Morgan fingerprint density at radius 1 is 1.34 bits per heavy atom. The van der Waals surface area contributed by atoms with Crippen molar-refractivity contribution < 1.29 is 4.79 Å². The third-order valence-corrected chi connectivity index (χ3v) is 7.74. The summed E-state index contributed by atoms with van der Waals surface area (Å²) in [5, 5.41) is 22.3. The van der Waals surface area contributed by atoms with Crippen molar-refractivity contribution in [3.63, 3.8) is 0 Å². The molecule has 0 unspecified atom stereocenters. The van der Waals surface area contributed by atoms with E-state index in [9.17, 15) is 10.1 Å². The minimum atomic E-state index is -0.143. The van der Waals surface area contributed by atoms with Crippen LogP contribution in [0.3, 0.4) is 0 Å². The van der Waals surface area contributed by atoms with Crippen molar-refractivity contribution in [1.82, 2.24) is 14.8 Å². The number of anilines is 1. The van der Waals surface area contributed by atoms with Crippen molar-refractivity contribution in [3.8, 4) is 17.5 Å². The van der Waals surface area contributed by atoms with E-state index in [2.05, 4.69) is 37.5 Å². The third kappa shape index (κ3) is 4.10. The first-order valence-corrected chi connectivity index (χ1v) is 11.8. The van der Waals surface area contributed by atoms with Crippen molar-refractivity contribution in [2.45, 2.75) is 30.8 Å². The van der Waals surface area contributed by atoms with Gasteiger partial charge >= 0.3 is 0 Å². The molecule has 0 atom stereocenters. The number of amides is 1. The zero-order valence-corrected chi connectivity index (χ0v) is 19.0. The van der Waals surface area contributed by atoms with Gasteiger partial charge in [0.15, 0.2) is 11.0 Å². The summed E-state index contributed by atoms with van der Waals surface area (Å²) >= 11 is 6.40. The minimum Gasteiger partial charge on any atom is -0.316 e. The average molecular weight is 488 g/mol. The second-order valence-electron chi connectivity index (χ2n) is 6.71. The molecular weight excluding hydrogens is 470 g/mol. The maximum absolute atomic E-state index is 12.5. The van der Waals surface area contributed by atoms with Crippen LogP contribution < -0.4 is 5.32 Å². The minimum absolute atomic E-state index is 0.143. The second kappa shape index (κ2) is 8.69. The van der Waals surface area contributed by atoms with E-state index in [1.165, 1.54) is 16.6 Å². The molecule has 6 nitrogen and oxygen atoms in total. The average Bonchev–Trinajstić information content (AvgIpc) is 3.26. The Kier molecular flexibility index (Phi) is 6.04. The highest BCUT2D eigenvalue weighted by Gasteiger charge is 2.22. The summed E-state index contributed by atoms with van der Waals surface area (Å²) in [6.45, 7) is 0. The highest BCUT2D eigenvalue weighted by Crippen LogP contribution is 2.37. The van der Waals surface area contributed by atoms with Gasteiger partial charge in [-0.15, -0.1) is 21.5 Å². The lowest BCUT2D eigenvalue weighted by atomic mass is 9.96. The molecule has 2 aromatic heterocycles. The van der Waals surface area contributed by atoms with Crippen LogP contribution in [-0.2, 0) is 24.7 Å². The molecule has 3 aromatic rings. The van der Waals surface area contributed by atoms with Crippen molar-refractivity contribution in [3.05, 3.63) is 44.7 Å². The molecule has 148 valence electrons. The Morgan fingerprint density at radius 3 is 2.93 bits per heavy atom. The van der Waals surface area contributed by atoms with Gasteiger partial charge in [0.1, 0.15) is 11.1 Å². The summed E-state index contributed by atoms with van der Waals surface area (Å²) in [6.07, 6.45) is 4.17. The van der Waals surface area contributed by atoms with E-state index in [1.807, 2.05) is 35.9 Å². The fourth-order valence-corrected chi connectivity index (χ4v) is 5.81. The third-order valence-electron chi connectivity index (χ3n) is 4.82. The van der Waals surface area contributed by atoms with Gasteiger partial charge < -0.3 is 9.88 Å². The molecule has 1 aliphatic rings. The van der Waals surface area contributed by atoms with E-state index < -0.39 is 0 Å². The number of fused-ring (bicyclic) bond motifs is 1. The summed E-state index contributed by atoms with van der Waals surface area (Å²) in [7, 11) is 1.89. The SMILES string of the molecule is Cn1c(SCC(=O)Nc2sc3c(c2C#N)CCCC3)nnc1-c1ccccc1Br. The number of aryl methyl sites for hydroxylation is 1. The highest BCUT2D eigenvalue weighted by atomic mass is 79.9. The number of nitriles is 1. The van der Waals surface area contributed by atoms with E-state index in [0.29, 0.717) is 15.7 Å². The molecule has 2 heterocycles. The van der Waals surface area contributed by atoms with Gasteiger partial charge in [0.25, 0.3) is 0 Å². The van der Waals surface area contributed by atoms with E-state index in [-0.39, 0.29) is 11.7 Å². The van der Waals surface area contributed by atoms with Gasteiger partial charge in [-0.25, -0.2) is 0 Å². The molecule has 4 rings (SSSR count). The normalized spacial score (nSPS) is 13.0. The van der Waals surface area contributed by atoms with Crippen molar-refractivity contribution in [1.29, 1.82) is 5.26 Å². The highest BCUT2D eigenvalue weighted by molar-refractivity contribution is 9.10. The van der Waals surface area contributed by atoms with Gasteiger partial charge in [-0.2, -0.15) is 5.26 Å². The van der Waals surface area contributed by atoms with Crippen LogP contribution in [0, 0.1) is 11.3 Å². The molecule has 0 spiro atoms. The summed E-state index contributed by atoms with van der Waals surface area (Å²) < 4.78 is 2.82. The van der Waals surface area contributed by atoms with E-state index in [1.54, 1.807) is 11.3 Å². The molecule has 0 saturated carbocycles. The number of thiophene rings is 1. The Morgan fingerprint density at radius 2 is 2.14 bits per heavy atom. The lowest BCUT2D eigenvalue weighted by molar-refractivity contribution is -0.113. The summed E-state index contributed by atoms with van der Waals surface area (Å²) in [4.78, 5) is 13.7. The molecule has 1 N–H and O–H groups in total. The first-order chi connectivity index (χ1) is 14.1. The van der Waals surface area contributed by atoms with E-state index in [0.717, 1.165) is 47.1 Å². The van der Waals surface area contributed by atoms with Gasteiger partial charge in [-0.05, 0) is 37.3 Å². The zero-order chi connectivity index (χ0) is 20.4. The topological polar surface area (TPSA) is 83.6 Å². The number of nitrogens with one attached hydrogen (secondary N) is 1. The maximum atomic E-state index is 12.5. The maximum Gasteiger partial charge on any atom is 0.235 e. The van der Waals surface area contributed by atoms with Crippen LogP contribution in [0.4, 0.5) is 5.00 Å². The van der Waals surface area contributed by atoms with Crippen LogP contribution in [0.5, 0.6) is 0 Å². The van der Waals surface area contributed by atoms with Crippen LogP contribution in [0.25, 0.3) is 11.4 Å². The predicted molar refractivity (Wildman–Crippen MR) is 119 cm³/mol. The Hall–Kier alpha value is -2.15. The molecular formula is C20H18BrN5OS2. The molecule has 0 radical (unpaired) electrons. The fourth-order valence-electron chi connectivity index (χ4n) is 3.38. The van der Waals surface area contributed by atoms with Crippen LogP contribution in [-0.4, -0.2) is 26.4 Å². The first-order valence-electron chi connectivity index (χ1n) is 9.20. The molecule has 1 aromatic carbocycles. The molecule has 0 fully saturated rings. The molecule has 0 aliphatic heterocycles. The fraction of sp³-hybridized carbons (Fsp3) is 0.300. The van der Waals surface area contributed by atoms with Gasteiger partial charge in [0.2, 0.25) is 5.91 Å². The number of carbonyl (C=O) groups excluding carboxylic acids is 1. The molecule has 0 saturated heterocycles. The van der Waals surface area contributed by atoms with Crippen LogP contribution in [0.2, 0.25) is 0 Å². The number of nitrogens with zero attached hydrogens (tertiary/aromatic N) is 4. The molecule has 0 bridgehead atoms. The number of aromatic nitrogens is 3. The number of hydrogen-bond donors (Lipinski definition) is 1. The number of halogens is 1. The molecule has 29 heavy (non-hydrogen) atoms. The number of rotatable bonds is 5. The number of thioether (sulfide) groups is 1. The number of carbonyl (C=O) groups is 1. The van der Waals surface area contributed by atoms with E-state index in [4.69, 9.17) is 0 Å². The second-order valence-corrected chi connectivity index (χ2v) is 9.61. The molecule has 1 aliphatic carbocycles.